The van der Waals surface area contributed by atoms with Gasteiger partial charge < -0.3 is 4.74 Å². The van der Waals surface area contributed by atoms with Crippen LogP contribution in [-0.4, -0.2) is 28.0 Å². The first-order valence-electron chi connectivity index (χ1n) is 8.17. The molecule has 3 aromatic carbocycles. The molecule has 0 aliphatic carbocycles. The summed E-state index contributed by atoms with van der Waals surface area (Å²) in [4.78, 5) is 12.0. The minimum atomic E-state index is -4.02. The zero-order valence-corrected chi connectivity index (χ0v) is 16.4. The number of methoxy groups -OCH3 is 1. The maximum atomic E-state index is 13.4. The van der Waals surface area contributed by atoms with Crippen LogP contribution in [0.1, 0.15) is 5.56 Å². The molecule has 27 heavy (non-hydrogen) atoms. The number of sulfonamides is 1. The van der Waals surface area contributed by atoms with Crippen LogP contribution in [0.15, 0.2) is 65.6 Å². The highest BCUT2D eigenvalue weighted by Gasteiger charge is 2.29. The monoisotopic (exact) mass is 403 g/mol. The molecule has 140 valence electrons. The predicted molar refractivity (Wildman–Crippen MR) is 107 cm³/mol. The van der Waals surface area contributed by atoms with E-state index in [4.69, 9.17) is 16.3 Å². The lowest BCUT2D eigenvalue weighted by Crippen LogP contribution is -2.36. The molecule has 0 saturated carbocycles. The summed E-state index contributed by atoms with van der Waals surface area (Å²) in [6.07, 6.45) is 0. The maximum absolute atomic E-state index is 13.4. The Hall–Kier alpha value is -2.57. The first-order valence-corrected chi connectivity index (χ1v) is 9.99. The van der Waals surface area contributed by atoms with Crippen LogP contribution in [0, 0.1) is 6.92 Å². The van der Waals surface area contributed by atoms with Crippen molar-refractivity contribution in [2.45, 2.75) is 11.8 Å². The first kappa shape index (κ1) is 19.2. The summed E-state index contributed by atoms with van der Waals surface area (Å²) >= 11 is 6.07. The number of esters is 1. The van der Waals surface area contributed by atoms with E-state index in [2.05, 4.69) is 0 Å². The van der Waals surface area contributed by atoms with Crippen molar-refractivity contribution in [2.24, 2.45) is 0 Å². The third-order valence-electron chi connectivity index (χ3n) is 4.25. The summed E-state index contributed by atoms with van der Waals surface area (Å²) in [6.45, 7) is 1.30. The average Bonchev–Trinajstić information content (AvgIpc) is 2.67. The number of halogens is 1. The van der Waals surface area contributed by atoms with Gasteiger partial charge in [0.05, 0.1) is 17.7 Å². The number of hydrogen-bond acceptors (Lipinski definition) is 4. The molecule has 0 aliphatic heterocycles. The smallest absolute Gasteiger partial charge is 0.326 e. The molecule has 0 atom stereocenters. The van der Waals surface area contributed by atoms with E-state index in [-0.39, 0.29) is 4.90 Å². The number of carbonyl (C=O) groups is 1. The Morgan fingerprint density at radius 2 is 1.74 bits per heavy atom. The van der Waals surface area contributed by atoms with Crippen molar-refractivity contribution in [2.75, 3.05) is 18.0 Å². The Kier molecular flexibility index (Phi) is 5.39. The molecule has 0 saturated heterocycles. The van der Waals surface area contributed by atoms with Crippen molar-refractivity contribution in [3.63, 3.8) is 0 Å². The summed E-state index contributed by atoms with van der Waals surface area (Å²) in [5.74, 6) is -0.668. The summed E-state index contributed by atoms with van der Waals surface area (Å²) in [6, 6.07) is 17.2. The van der Waals surface area contributed by atoms with Crippen molar-refractivity contribution in [1.29, 1.82) is 0 Å². The van der Waals surface area contributed by atoms with Gasteiger partial charge in [-0.15, -0.1) is 0 Å². The number of aryl methyl sites for hydroxylation is 1. The molecule has 0 fully saturated rings. The minimum Gasteiger partial charge on any atom is -0.468 e. The third-order valence-corrected chi connectivity index (χ3v) is 6.24. The Balaban J connectivity index is 2.16. The van der Waals surface area contributed by atoms with Crippen molar-refractivity contribution in [3.05, 3.63) is 71.2 Å². The number of rotatable bonds is 5. The van der Waals surface area contributed by atoms with Gasteiger partial charge in [0.1, 0.15) is 6.54 Å². The van der Waals surface area contributed by atoms with Crippen molar-refractivity contribution in [3.8, 4) is 0 Å². The van der Waals surface area contributed by atoms with E-state index >= 15 is 0 Å². The van der Waals surface area contributed by atoms with Gasteiger partial charge in [-0.2, -0.15) is 0 Å². The molecule has 5 nitrogen and oxygen atoms in total. The molecule has 7 heteroatoms. The van der Waals surface area contributed by atoms with Gasteiger partial charge in [-0.3, -0.25) is 9.10 Å². The summed E-state index contributed by atoms with van der Waals surface area (Å²) in [5.41, 5.74) is 1.01. The van der Waals surface area contributed by atoms with E-state index < -0.39 is 22.5 Å². The topological polar surface area (TPSA) is 63.7 Å². The number of fused-ring (bicyclic) bond motifs is 1. The van der Waals surface area contributed by atoms with Gasteiger partial charge in [-0.25, -0.2) is 8.42 Å². The third kappa shape index (κ3) is 3.91. The second-order valence-corrected chi connectivity index (χ2v) is 8.33. The highest BCUT2D eigenvalue weighted by atomic mass is 35.5. The minimum absolute atomic E-state index is 0.0875. The number of benzene rings is 3. The first-order chi connectivity index (χ1) is 12.8. The summed E-state index contributed by atoms with van der Waals surface area (Å²) in [5, 5.41) is 2.09. The molecule has 0 heterocycles. The van der Waals surface area contributed by atoms with Crippen LogP contribution in [0.5, 0.6) is 0 Å². The molecular weight excluding hydrogens is 386 g/mol. The lowest BCUT2D eigenvalue weighted by Gasteiger charge is -2.25. The lowest BCUT2D eigenvalue weighted by molar-refractivity contribution is -0.138. The normalized spacial score (nSPS) is 11.4. The highest BCUT2D eigenvalue weighted by Crippen LogP contribution is 2.30. The zero-order valence-electron chi connectivity index (χ0n) is 14.8. The van der Waals surface area contributed by atoms with Gasteiger partial charge in [0.15, 0.2) is 0 Å². The Bertz CT molecular complexity index is 1110. The van der Waals surface area contributed by atoms with Crippen molar-refractivity contribution < 1.29 is 17.9 Å². The second-order valence-electron chi connectivity index (χ2n) is 6.03. The molecule has 0 aromatic heterocycles. The van der Waals surface area contributed by atoms with E-state index in [9.17, 15) is 13.2 Å². The van der Waals surface area contributed by atoms with Gasteiger partial charge in [0, 0.05) is 5.02 Å². The summed E-state index contributed by atoms with van der Waals surface area (Å²) in [7, 11) is -2.80. The van der Waals surface area contributed by atoms with Crippen LogP contribution < -0.4 is 4.31 Å². The quantitative estimate of drug-likeness (QED) is 0.600. The van der Waals surface area contributed by atoms with Crippen LogP contribution in [0.2, 0.25) is 5.02 Å². The lowest BCUT2D eigenvalue weighted by atomic mass is 10.1. The second kappa shape index (κ2) is 7.58. The summed E-state index contributed by atoms with van der Waals surface area (Å²) < 4.78 is 32.5. The van der Waals surface area contributed by atoms with Gasteiger partial charge in [0.2, 0.25) is 0 Å². The van der Waals surface area contributed by atoms with Crippen LogP contribution in [0.4, 0.5) is 5.69 Å². The van der Waals surface area contributed by atoms with Crippen molar-refractivity contribution >= 4 is 44.1 Å². The van der Waals surface area contributed by atoms with E-state index in [1.165, 1.54) is 19.2 Å². The number of nitrogens with zero attached hydrogens (tertiary/aromatic N) is 1. The standard InChI is InChI=1S/C20H18ClNO4S/c1-14-7-9-17(21)12-19(14)22(13-20(23)26-2)27(24,25)18-10-8-15-5-3-4-6-16(15)11-18/h3-12H,13H2,1-2H3. The van der Waals surface area contributed by atoms with Gasteiger partial charge in [-0.1, -0.05) is 48.0 Å². The Morgan fingerprint density at radius 3 is 2.44 bits per heavy atom. The molecular formula is C20H18ClNO4S. The van der Waals surface area contributed by atoms with E-state index in [1.807, 2.05) is 24.3 Å². The molecule has 3 aromatic rings. The Labute approximate surface area is 163 Å². The Morgan fingerprint density at radius 1 is 1.04 bits per heavy atom. The van der Waals surface area contributed by atoms with Gasteiger partial charge in [0.25, 0.3) is 10.0 Å². The van der Waals surface area contributed by atoms with Crippen LogP contribution in [0.3, 0.4) is 0 Å². The van der Waals surface area contributed by atoms with Crippen LogP contribution >= 0.6 is 11.6 Å². The maximum Gasteiger partial charge on any atom is 0.326 e. The molecule has 0 amide bonds. The number of anilines is 1. The van der Waals surface area contributed by atoms with Crippen LogP contribution in [-0.2, 0) is 19.6 Å². The molecule has 0 radical (unpaired) electrons. The van der Waals surface area contributed by atoms with Gasteiger partial charge >= 0.3 is 5.97 Å². The molecule has 0 aliphatic rings. The fraction of sp³-hybridized carbons (Fsp3) is 0.150. The molecule has 0 bridgehead atoms. The largest absolute Gasteiger partial charge is 0.468 e. The average molecular weight is 404 g/mol. The number of carbonyl (C=O) groups excluding carboxylic acids is 1. The fourth-order valence-electron chi connectivity index (χ4n) is 2.79. The van der Waals surface area contributed by atoms with E-state index in [0.29, 0.717) is 16.3 Å². The fourth-order valence-corrected chi connectivity index (χ4v) is 4.46. The number of ether oxygens (including phenoxy) is 1. The molecule has 0 unspecified atom stereocenters. The molecule has 3 rings (SSSR count). The number of hydrogen-bond donors (Lipinski definition) is 0. The van der Waals surface area contributed by atoms with Crippen molar-refractivity contribution in [1.82, 2.24) is 0 Å². The van der Waals surface area contributed by atoms with E-state index in [1.54, 1.807) is 31.2 Å². The molecule has 0 N–H and O–H groups in total. The van der Waals surface area contributed by atoms with Gasteiger partial charge in [-0.05, 0) is 47.5 Å². The zero-order chi connectivity index (χ0) is 19.6. The SMILES string of the molecule is COC(=O)CN(c1cc(Cl)ccc1C)S(=O)(=O)c1ccc2ccccc2c1. The van der Waals surface area contributed by atoms with E-state index in [0.717, 1.165) is 15.1 Å². The van der Waals surface area contributed by atoms with Crippen LogP contribution in [0.25, 0.3) is 10.8 Å². The predicted octanol–water partition coefficient (Wildman–Crippen LogP) is 4.17. The molecule has 0 spiro atoms. The highest BCUT2D eigenvalue weighted by molar-refractivity contribution is 7.92.